The van der Waals surface area contributed by atoms with Crippen LogP contribution in [0.1, 0.15) is 21.5 Å². The molecular weight excluding hydrogens is 460 g/mol. The summed E-state index contributed by atoms with van der Waals surface area (Å²) in [4.78, 5) is 28.7. The second-order valence-corrected chi connectivity index (χ2v) is 8.80. The van der Waals surface area contributed by atoms with E-state index in [1.165, 1.54) is 0 Å². The molecule has 1 N–H and O–H groups in total. The van der Waals surface area contributed by atoms with Gasteiger partial charge < -0.3 is 15.0 Å². The van der Waals surface area contributed by atoms with E-state index < -0.39 is 6.04 Å². The quantitative estimate of drug-likeness (QED) is 0.361. The zero-order chi connectivity index (χ0) is 24.2. The third-order valence-electron chi connectivity index (χ3n) is 5.98. The average Bonchev–Trinajstić information content (AvgIpc) is 2.89. The van der Waals surface area contributed by atoms with Gasteiger partial charge in [-0.25, -0.2) is 0 Å². The second kappa shape index (κ2) is 10.0. The van der Waals surface area contributed by atoms with Crippen LogP contribution in [0.2, 0.25) is 5.02 Å². The summed E-state index contributed by atoms with van der Waals surface area (Å²) in [5.74, 6) is 0.770. The van der Waals surface area contributed by atoms with Gasteiger partial charge in [-0.2, -0.15) is 0 Å². The van der Waals surface area contributed by atoms with E-state index in [2.05, 4.69) is 5.32 Å². The van der Waals surface area contributed by atoms with E-state index in [-0.39, 0.29) is 11.8 Å². The van der Waals surface area contributed by atoms with Crippen molar-refractivity contribution < 1.29 is 14.3 Å². The summed E-state index contributed by atoms with van der Waals surface area (Å²) in [5.41, 5.74) is 3.19. The SMILES string of the molecule is O=C(Nc1ccc(Cl)cc1)[C@@H]1Cc2ccccc2CN1C(=O)c1cccc(Oc2ccccc2)c1. The molecule has 1 aliphatic heterocycles. The molecule has 4 aromatic carbocycles. The van der Waals surface area contributed by atoms with Crippen LogP contribution in [0.15, 0.2) is 103 Å². The molecule has 1 aliphatic rings. The standard InChI is InChI=1S/C29H23ClN2O3/c30-23-13-15-24(16-14-23)31-28(33)27-18-20-7-4-5-8-22(20)19-32(27)29(34)21-9-6-12-26(17-21)35-25-10-2-1-3-11-25/h1-17,27H,18-19H2,(H,31,33)/t27-/m0/s1. The lowest BCUT2D eigenvalue weighted by molar-refractivity contribution is -0.121. The number of carbonyl (C=O) groups is 2. The fraction of sp³-hybridized carbons (Fsp3) is 0.103. The topological polar surface area (TPSA) is 58.6 Å². The minimum atomic E-state index is -0.660. The third kappa shape index (κ3) is 5.20. The van der Waals surface area contributed by atoms with Gasteiger partial charge in [-0.15, -0.1) is 0 Å². The number of ether oxygens (including phenoxy) is 1. The van der Waals surface area contributed by atoms with E-state index in [0.717, 1.165) is 11.1 Å². The third-order valence-corrected chi connectivity index (χ3v) is 6.24. The smallest absolute Gasteiger partial charge is 0.254 e. The van der Waals surface area contributed by atoms with Gasteiger partial charge in [-0.3, -0.25) is 9.59 Å². The Morgan fingerprint density at radius 1 is 0.800 bits per heavy atom. The second-order valence-electron chi connectivity index (χ2n) is 8.36. The predicted octanol–water partition coefficient (Wildman–Crippen LogP) is 6.34. The van der Waals surface area contributed by atoms with Crippen LogP contribution >= 0.6 is 11.6 Å². The van der Waals surface area contributed by atoms with Crippen molar-refractivity contribution in [3.63, 3.8) is 0 Å². The molecule has 2 amide bonds. The van der Waals surface area contributed by atoms with Crippen molar-refractivity contribution >= 4 is 29.1 Å². The first kappa shape index (κ1) is 22.7. The van der Waals surface area contributed by atoms with E-state index in [4.69, 9.17) is 16.3 Å². The number of hydrogen-bond donors (Lipinski definition) is 1. The maximum atomic E-state index is 13.7. The molecule has 0 radical (unpaired) electrons. The summed E-state index contributed by atoms with van der Waals surface area (Å²) in [5, 5.41) is 3.52. The van der Waals surface area contributed by atoms with E-state index in [0.29, 0.717) is 40.7 Å². The summed E-state index contributed by atoms with van der Waals surface area (Å²) in [7, 11) is 0. The molecule has 0 saturated carbocycles. The van der Waals surface area contributed by atoms with Crippen LogP contribution < -0.4 is 10.1 Å². The van der Waals surface area contributed by atoms with Gasteiger partial charge in [0.25, 0.3) is 5.91 Å². The van der Waals surface area contributed by atoms with E-state index in [9.17, 15) is 9.59 Å². The molecule has 35 heavy (non-hydrogen) atoms. The number of anilines is 1. The van der Waals surface area contributed by atoms with Crippen molar-refractivity contribution in [1.82, 2.24) is 4.90 Å². The number of nitrogens with one attached hydrogen (secondary N) is 1. The molecule has 0 bridgehead atoms. The van der Waals surface area contributed by atoms with Crippen LogP contribution in [0.25, 0.3) is 0 Å². The Morgan fingerprint density at radius 3 is 2.26 bits per heavy atom. The Morgan fingerprint density at radius 2 is 1.49 bits per heavy atom. The van der Waals surface area contributed by atoms with Crippen LogP contribution in [0.3, 0.4) is 0 Å². The number of fused-ring (bicyclic) bond motifs is 1. The van der Waals surface area contributed by atoms with Crippen molar-refractivity contribution in [3.8, 4) is 11.5 Å². The number of benzene rings is 4. The first-order chi connectivity index (χ1) is 17.1. The average molecular weight is 483 g/mol. The van der Waals surface area contributed by atoms with Crippen LogP contribution in [0, 0.1) is 0 Å². The highest BCUT2D eigenvalue weighted by Gasteiger charge is 2.35. The lowest BCUT2D eigenvalue weighted by atomic mass is 9.92. The maximum absolute atomic E-state index is 13.7. The Hall–Kier alpha value is -4.09. The van der Waals surface area contributed by atoms with E-state index in [1.807, 2.05) is 54.6 Å². The summed E-state index contributed by atoms with van der Waals surface area (Å²) < 4.78 is 5.91. The van der Waals surface area contributed by atoms with Crippen molar-refractivity contribution in [2.45, 2.75) is 19.0 Å². The van der Waals surface area contributed by atoms with E-state index >= 15 is 0 Å². The van der Waals surface area contributed by atoms with E-state index in [1.54, 1.807) is 53.4 Å². The number of halogens is 1. The zero-order valence-electron chi connectivity index (χ0n) is 18.9. The van der Waals surface area contributed by atoms with Crippen LogP contribution in [0.5, 0.6) is 11.5 Å². The Kier molecular flexibility index (Phi) is 6.51. The molecule has 174 valence electrons. The van der Waals surface area contributed by atoms with Gasteiger partial charge in [0.1, 0.15) is 17.5 Å². The molecule has 5 rings (SSSR count). The molecule has 4 aromatic rings. The van der Waals surface area contributed by atoms with Gasteiger partial charge >= 0.3 is 0 Å². The number of nitrogens with zero attached hydrogens (tertiary/aromatic N) is 1. The van der Waals surface area contributed by atoms with Gasteiger partial charge in [0.2, 0.25) is 5.91 Å². The lowest BCUT2D eigenvalue weighted by Crippen LogP contribution is -2.50. The number of amides is 2. The summed E-state index contributed by atoms with van der Waals surface area (Å²) >= 11 is 5.97. The first-order valence-corrected chi connectivity index (χ1v) is 11.7. The highest BCUT2D eigenvalue weighted by Crippen LogP contribution is 2.28. The van der Waals surface area contributed by atoms with Crippen molar-refractivity contribution in [1.29, 1.82) is 0 Å². The van der Waals surface area contributed by atoms with Crippen molar-refractivity contribution in [2.75, 3.05) is 5.32 Å². The fourth-order valence-electron chi connectivity index (χ4n) is 4.21. The Bertz CT molecular complexity index is 1360. The highest BCUT2D eigenvalue weighted by atomic mass is 35.5. The largest absolute Gasteiger partial charge is 0.457 e. The molecular formula is C29H23ClN2O3. The monoisotopic (exact) mass is 482 g/mol. The number of hydrogen-bond acceptors (Lipinski definition) is 3. The molecule has 1 atom stereocenters. The number of carbonyl (C=O) groups excluding carboxylic acids is 2. The summed E-state index contributed by atoms with van der Waals surface area (Å²) in [6, 6.07) is 30.6. The molecule has 1 heterocycles. The van der Waals surface area contributed by atoms with Crippen LogP contribution in [-0.2, 0) is 17.8 Å². The summed E-state index contributed by atoms with van der Waals surface area (Å²) in [6.45, 7) is 0.345. The molecule has 0 aromatic heterocycles. The van der Waals surface area contributed by atoms with Gasteiger partial charge in [-0.1, -0.05) is 60.1 Å². The Balaban J connectivity index is 1.42. The molecule has 5 nitrogen and oxygen atoms in total. The fourth-order valence-corrected chi connectivity index (χ4v) is 4.34. The van der Waals surface area contributed by atoms with Gasteiger partial charge in [-0.05, 0) is 65.7 Å². The van der Waals surface area contributed by atoms with Crippen molar-refractivity contribution in [3.05, 3.63) is 125 Å². The molecule has 0 unspecified atom stereocenters. The maximum Gasteiger partial charge on any atom is 0.254 e. The normalized spacial score (nSPS) is 14.7. The van der Waals surface area contributed by atoms with Crippen molar-refractivity contribution in [2.24, 2.45) is 0 Å². The lowest BCUT2D eigenvalue weighted by Gasteiger charge is -2.36. The first-order valence-electron chi connectivity index (χ1n) is 11.3. The number of para-hydroxylation sites is 1. The molecule has 6 heteroatoms. The summed E-state index contributed by atoms with van der Waals surface area (Å²) in [6.07, 6.45) is 0.432. The van der Waals surface area contributed by atoms with Gasteiger partial charge in [0.15, 0.2) is 0 Å². The van der Waals surface area contributed by atoms with Crippen LogP contribution in [-0.4, -0.2) is 22.8 Å². The van der Waals surface area contributed by atoms with Gasteiger partial charge in [0.05, 0.1) is 0 Å². The predicted molar refractivity (Wildman–Crippen MR) is 137 cm³/mol. The molecule has 0 spiro atoms. The highest BCUT2D eigenvalue weighted by molar-refractivity contribution is 6.30. The minimum Gasteiger partial charge on any atom is -0.457 e. The van der Waals surface area contributed by atoms with Gasteiger partial charge in [0, 0.05) is 29.2 Å². The minimum absolute atomic E-state index is 0.228. The zero-order valence-corrected chi connectivity index (χ0v) is 19.6. The molecule has 0 saturated heterocycles. The molecule has 0 aliphatic carbocycles. The number of rotatable bonds is 5. The Labute approximate surface area is 208 Å². The molecule has 0 fully saturated rings. The van der Waals surface area contributed by atoms with Crippen LogP contribution in [0.4, 0.5) is 5.69 Å².